The molecular formula is C12H11BrN2O. The van der Waals surface area contributed by atoms with Crippen LogP contribution >= 0.6 is 15.9 Å². The molecule has 4 heteroatoms. The minimum absolute atomic E-state index is 0.00921. The van der Waals surface area contributed by atoms with E-state index in [0.717, 1.165) is 23.1 Å². The molecule has 0 atom stereocenters. The Morgan fingerprint density at radius 3 is 2.44 bits per heavy atom. The van der Waals surface area contributed by atoms with Gasteiger partial charge in [-0.3, -0.25) is 0 Å². The Labute approximate surface area is 102 Å². The van der Waals surface area contributed by atoms with Gasteiger partial charge in [0.2, 0.25) is 0 Å². The molecule has 0 radical (unpaired) electrons. The second kappa shape index (κ2) is 3.35. The zero-order valence-corrected chi connectivity index (χ0v) is 10.2. The van der Waals surface area contributed by atoms with Gasteiger partial charge in [-0.2, -0.15) is 0 Å². The maximum atomic E-state index is 5.69. The van der Waals surface area contributed by atoms with Gasteiger partial charge < -0.3 is 10.3 Å². The molecule has 0 bridgehead atoms. The van der Waals surface area contributed by atoms with Gasteiger partial charge in [0.1, 0.15) is 4.47 Å². The van der Waals surface area contributed by atoms with E-state index in [2.05, 4.69) is 33.2 Å². The summed E-state index contributed by atoms with van der Waals surface area (Å²) in [6.07, 6.45) is 2.18. The third kappa shape index (κ3) is 1.29. The van der Waals surface area contributed by atoms with Crippen LogP contribution in [0.1, 0.15) is 24.2 Å². The molecule has 82 valence electrons. The first-order valence-electron chi connectivity index (χ1n) is 5.21. The second-order valence-electron chi connectivity index (χ2n) is 4.16. The molecule has 1 aromatic carbocycles. The van der Waals surface area contributed by atoms with Crippen LogP contribution in [0.25, 0.3) is 0 Å². The van der Waals surface area contributed by atoms with E-state index in [-0.39, 0.29) is 5.41 Å². The summed E-state index contributed by atoms with van der Waals surface area (Å²) < 4.78 is 6.15. The molecule has 3 nitrogen and oxygen atoms in total. The monoisotopic (exact) mass is 278 g/mol. The van der Waals surface area contributed by atoms with Crippen molar-refractivity contribution in [2.75, 3.05) is 5.73 Å². The van der Waals surface area contributed by atoms with E-state index in [1.54, 1.807) is 0 Å². The lowest BCUT2D eigenvalue weighted by molar-refractivity contribution is 0.367. The highest BCUT2D eigenvalue weighted by molar-refractivity contribution is 9.10. The maximum Gasteiger partial charge on any atom is 0.181 e. The molecule has 0 spiro atoms. The Bertz CT molecular complexity index is 517. The van der Waals surface area contributed by atoms with E-state index < -0.39 is 0 Å². The summed E-state index contributed by atoms with van der Waals surface area (Å²) in [5.74, 6) is 1.29. The smallest absolute Gasteiger partial charge is 0.181 e. The van der Waals surface area contributed by atoms with Gasteiger partial charge in [0.15, 0.2) is 11.6 Å². The molecule has 2 N–H and O–H groups in total. The van der Waals surface area contributed by atoms with Gasteiger partial charge in [-0.1, -0.05) is 35.5 Å². The van der Waals surface area contributed by atoms with Crippen LogP contribution < -0.4 is 5.73 Å². The van der Waals surface area contributed by atoms with Gasteiger partial charge in [-0.05, 0) is 34.3 Å². The first-order chi connectivity index (χ1) is 7.74. The van der Waals surface area contributed by atoms with E-state index in [0.29, 0.717) is 5.82 Å². The lowest BCUT2D eigenvalue weighted by Crippen LogP contribution is -2.07. The molecule has 1 fully saturated rings. The highest BCUT2D eigenvalue weighted by atomic mass is 79.9. The SMILES string of the molecule is Nc1noc(C2(c3ccccc3)CC2)c1Br. The lowest BCUT2D eigenvalue weighted by Gasteiger charge is -2.12. The van der Waals surface area contributed by atoms with Crippen LogP contribution in [0, 0.1) is 0 Å². The topological polar surface area (TPSA) is 52.0 Å². The normalized spacial score (nSPS) is 17.3. The minimum atomic E-state index is -0.00921. The molecule has 1 aromatic heterocycles. The third-order valence-corrected chi connectivity index (χ3v) is 3.94. The number of hydrogen-bond donors (Lipinski definition) is 1. The molecule has 1 aliphatic carbocycles. The van der Waals surface area contributed by atoms with Crippen LogP contribution in [0.2, 0.25) is 0 Å². The molecule has 0 aliphatic heterocycles. The number of nitrogens with zero attached hydrogens (tertiary/aromatic N) is 1. The van der Waals surface area contributed by atoms with Crippen molar-refractivity contribution in [3.05, 3.63) is 46.1 Å². The summed E-state index contributed by atoms with van der Waals surface area (Å²) >= 11 is 3.44. The van der Waals surface area contributed by atoms with Crippen molar-refractivity contribution >= 4 is 21.7 Å². The number of nitrogen functional groups attached to an aromatic ring is 1. The van der Waals surface area contributed by atoms with Crippen LogP contribution in [-0.2, 0) is 5.41 Å². The number of hydrogen-bond acceptors (Lipinski definition) is 3. The number of benzene rings is 1. The summed E-state index contributed by atoms with van der Waals surface area (Å²) in [6, 6.07) is 10.4. The fraction of sp³-hybridized carbons (Fsp3) is 0.250. The van der Waals surface area contributed by atoms with Gasteiger partial charge in [0.05, 0.1) is 5.41 Å². The Hall–Kier alpha value is -1.29. The van der Waals surface area contributed by atoms with Gasteiger partial charge in [-0.25, -0.2) is 0 Å². The van der Waals surface area contributed by atoms with Crippen LogP contribution in [0.5, 0.6) is 0 Å². The van der Waals surface area contributed by atoms with Gasteiger partial charge in [0, 0.05) is 0 Å². The quantitative estimate of drug-likeness (QED) is 0.919. The summed E-state index contributed by atoms with van der Waals surface area (Å²) in [6.45, 7) is 0. The third-order valence-electron chi connectivity index (χ3n) is 3.17. The van der Waals surface area contributed by atoms with E-state index in [1.165, 1.54) is 5.56 Å². The average molecular weight is 279 g/mol. The molecule has 16 heavy (non-hydrogen) atoms. The first kappa shape index (κ1) is 9.90. The zero-order chi connectivity index (χ0) is 11.2. The van der Waals surface area contributed by atoms with Crippen LogP contribution in [0.3, 0.4) is 0 Å². The van der Waals surface area contributed by atoms with Crippen molar-refractivity contribution in [1.29, 1.82) is 0 Å². The molecule has 1 saturated carbocycles. The Morgan fingerprint density at radius 1 is 1.25 bits per heavy atom. The van der Waals surface area contributed by atoms with Crippen molar-refractivity contribution in [1.82, 2.24) is 5.16 Å². The van der Waals surface area contributed by atoms with E-state index in [1.807, 2.05) is 18.2 Å². The molecule has 0 unspecified atom stereocenters. The van der Waals surface area contributed by atoms with Crippen molar-refractivity contribution in [2.45, 2.75) is 18.3 Å². The van der Waals surface area contributed by atoms with Gasteiger partial charge in [-0.15, -0.1) is 0 Å². The summed E-state index contributed by atoms with van der Waals surface area (Å²) in [7, 11) is 0. The number of aromatic nitrogens is 1. The molecule has 3 rings (SSSR count). The fourth-order valence-electron chi connectivity index (χ4n) is 2.12. The Morgan fingerprint density at radius 2 is 1.94 bits per heavy atom. The Balaban J connectivity index is 2.10. The average Bonchev–Trinajstić information content (AvgIpc) is 3.05. The summed E-state index contributed by atoms with van der Waals surface area (Å²) in [4.78, 5) is 0. The molecule has 0 amide bonds. The lowest BCUT2D eigenvalue weighted by atomic mass is 9.93. The zero-order valence-electron chi connectivity index (χ0n) is 8.61. The van der Waals surface area contributed by atoms with E-state index in [4.69, 9.17) is 10.3 Å². The molecule has 1 heterocycles. The number of anilines is 1. The van der Waals surface area contributed by atoms with Gasteiger partial charge >= 0.3 is 0 Å². The second-order valence-corrected chi connectivity index (χ2v) is 4.95. The number of rotatable bonds is 2. The minimum Gasteiger partial charge on any atom is -0.380 e. The predicted octanol–water partition coefficient (Wildman–Crippen LogP) is 3.10. The van der Waals surface area contributed by atoms with Gasteiger partial charge in [0.25, 0.3) is 0 Å². The highest BCUT2D eigenvalue weighted by Crippen LogP contribution is 2.55. The molecular weight excluding hydrogens is 268 g/mol. The van der Waals surface area contributed by atoms with Crippen LogP contribution in [0.4, 0.5) is 5.82 Å². The molecule has 1 aliphatic rings. The summed E-state index contributed by atoms with van der Waals surface area (Å²) in [5, 5.41) is 3.80. The van der Waals surface area contributed by atoms with Crippen molar-refractivity contribution in [3.63, 3.8) is 0 Å². The van der Waals surface area contributed by atoms with Crippen molar-refractivity contribution < 1.29 is 4.52 Å². The van der Waals surface area contributed by atoms with Crippen molar-refractivity contribution in [3.8, 4) is 0 Å². The molecule has 2 aromatic rings. The maximum absolute atomic E-state index is 5.69. The number of halogens is 1. The predicted molar refractivity (Wildman–Crippen MR) is 65.1 cm³/mol. The fourth-order valence-corrected chi connectivity index (χ4v) is 2.64. The highest BCUT2D eigenvalue weighted by Gasteiger charge is 2.50. The van der Waals surface area contributed by atoms with Crippen molar-refractivity contribution in [2.24, 2.45) is 0 Å². The van der Waals surface area contributed by atoms with E-state index in [9.17, 15) is 0 Å². The first-order valence-corrected chi connectivity index (χ1v) is 6.00. The summed E-state index contributed by atoms with van der Waals surface area (Å²) in [5.41, 5.74) is 6.95. The molecule has 0 saturated heterocycles. The Kier molecular flexibility index (Phi) is 2.07. The van der Waals surface area contributed by atoms with Crippen LogP contribution in [-0.4, -0.2) is 5.16 Å². The van der Waals surface area contributed by atoms with E-state index >= 15 is 0 Å². The standard InChI is InChI=1S/C12H11BrN2O/c13-9-10(16-15-11(9)14)12(6-7-12)8-4-2-1-3-5-8/h1-5H,6-7H2,(H2,14,15). The van der Waals surface area contributed by atoms with Crippen LogP contribution in [0.15, 0.2) is 39.3 Å². The number of nitrogens with two attached hydrogens (primary N) is 1. The largest absolute Gasteiger partial charge is 0.380 e.